The lowest BCUT2D eigenvalue weighted by Crippen LogP contribution is -2.28. The van der Waals surface area contributed by atoms with Crippen LogP contribution in [0.4, 0.5) is 5.69 Å². The normalized spacial score (nSPS) is 16.0. The van der Waals surface area contributed by atoms with Crippen LogP contribution in [-0.4, -0.2) is 15.7 Å². The summed E-state index contributed by atoms with van der Waals surface area (Å²) < 4.78 is 0. The molecule has 23 heavy (non-hydrogen) atoms. The highest BCUT2D eigenvalue weighted by Gasteiger charge is 2.34. The van der Waals surface area contributed by atoms with Crippen LogP contribution >= 0.6 is 0 Å². The van der Waals surface area contributed by atoms with Gasteiger partial charge in [-0.1, -0.05) is 13.8 Å². The fourth-order valence-corrected chi connectivity index (χ4v) is 3.21. The molecule has 0 saturated carbocycles. The molecule has 118 valence electrons. The Morgan fingerprint density at radius 2 is 1.83 bits per heavy atom. The molecule has 1 aliphatic rings. The number of hydrogen-bond acceptors (Lipinski definition) is 4. The van der Waals surface area contributed by atoms with Crippen molar-refractivity contribution in [3.05, 3.63) is 57.4 Å². The van der Waals surface area contributed by atoms with Crippen molar-refractivity contribution in [3.8, 4) is 11.1 Å². The van der Waals surface area contributed by atoms with Gasteiger partial charge in [-0.2, -0.15) is 0 Å². The van der Waals surface area contributed by atoms with Gasteiger partial charge in [0, 0.05) is 29.8 Å². The summed E-state index contributed by atoms with van der Waals surface area (Å²) in [5, 5.41) is 10.8. The molecule has 0 unspecified atom stereocenters. The minimum atomic E-state index is -0.426. The monoisotopic (exact) mass is 310 g/mol. The van der Waals surface area contributed by atoms with Crippen LogP contribution in [0.25, 0.3) is 11.1 Å². The van der Waals surface area contributed by atoms with E-state index in [1.165, 1.54) is 12.1 Å². The Labute approximate surface area is 134 Å². The van der Waals surface area contributed by atoms with E-state index in [9.17, 15) is 14.9 Å². The average molecular weight is 310 g/mol. The predicted molar refractivity (Wildman–Crippen MR) is 87.5 cm³/mol. The molecule has 0 fully saturated rings. The number of carbonyl (C=O) groups is 1. The zero-order valence-electron chi connectivity index (χ0n) is 13.4. The lowest BCUT2D eigenvalue weighted by Gasteiger charge is -2.30. The maximum atomic E-state index is 12.6. The smallest absolute Gasteiger partial charge is 0.269 e. The van der Waals surface area contributed by atoms with E-state index in [1.807, 2.05) is 13.0 Å². The molecule has 0 atom stereocenters. The second-order valence-corrected chi connectivity index (χ2v) is 6.88. The first-order chi connectivity index (χ1) is 10.8. The van der Waals surface area contributed by atoms with Crippen LogP contribution in [0.15, 0.2) is 30.3 Å². The van der Waals surface area contributed by atoms with Gasteiger partial charge >= 0.3 is 0 Å². The molecule has 5 heteroatoms. The summed E-state index contributed by atoms with van der Waals surface area (Å²) in [5.41, 5.74) is 3.94. The zero-order valence-corrected chi connectivity index (χ0v) is 13.4. The molecule has 3 rings (SSSR count). The van der Waals surface area contributed by atoms with Crippen LogP contribution < -0.4 is 0 Å². The number of nitro groups is 1. The fourth-order valence-electron chi connectivity index (χ4n) is 3.21. The number of rotatable bonds is 2. The Morgan fingerprint density at radius 3 is 2.43 bits per heavy atom. The standard InChI is InChI=1S/C18H18N2O3/c1-11-8-14(12-4-6-13(7-5-12)20(22)23)17-15(19-11)9-18(2,3)10-16(17)21/h4-8H,9-10H2,1-3H3. The summed E-state index contributed by atoms with van der Waals surface area (Å²) in [5.74, 6) is 0.0945. The van der Waals surface area contributed by atoms with Crippen molar-refractivity contribution in [1.82, 2.24) is 4.98 Å². The highest BCUT2D eigenvalue weighted by molar-refractivity contribution is 6.04. The topological polar surface area (TPSA) is 73.1 Å². The molecule has 0 aliphatic heterocycles. The number of hydrogen-bond donors (Lipinski definition) is 0. The number of ketones is 1. The summed E-state index contributed by atoms with van der Waals surface area (Å²) in [7, 11) is 0. The molecule has 1 aromatic heterocycles. The van der Waals surface area contributed by atoms with Gasteiger partial charge in [0.1, 0.15) is 0 Å². The van der Waals surface area contributed by atoms with Crippen LogP contribution in [0.5, 0.6) is 0 Å². The molecular weight excluding hydrogens is 292 g/mol. The lowest BCUT2D eigenvalue weighted by molar-refractivity contribution is -0.384. The molecule has 0 radical (unpaired) electrons. The summed E-state index contributed by atoms with van der Waals surface area (Å²) in [6, 6.07) is 8.21. The zero-order chi connectivity index (χ0) is 16.8. The summed E-state index contributed by atoms with van der Waals surface area (Å²) in [4.78, 5) is 27.6. The first-order valence-electron chi connectivity index (χ1n) is 7.55. The van der Waals surface area contributed by atoms with E-state index >= 15 is 0 Å². The highest BCUT2D eigenvalue weighted by Crippen LogP contribution is 2.38. The van der Waals surface area contributed by atoms with Crippen molar-refractivity contribution in [2.75, 3.05) is 0 Å². The molecule has 0 amide bonds. The number of aryl methyl sites for hydroxylation is 1. The van der Waals surface area contributed by atoms with Gasteiger partial charge in [-0.05, 0) is 48.1 Å². The van der Waals surface area contributed by atoms with Crippen molar-refractivity contribution < 1.29 is 9.72 Å². The number of nitrogens with zero attached hydrogens (tertiary/aromatic N) is 2. The molecule has 5 nitrogen and oxygen atoms in total. The van der Waals surface area contributed by atoms with Gasteiger partial charge in [0.15, 0.2) is 5.78 Å². The molecule has 0 spiro atoms. The van der Waals surface area contributed by atoms with Crippen molar-refractivity contribution in [2.45, 2.75) is 33.6 Å². The van der Waals surface area contributed by atoms with Crippen LogP contribution in [0.2, 0.25) is 0 Å². The number of fused-ring (bicyclic) bond motifs is 1. The minimum absolute atomic E-state index is 0.0425. The second-order valence-electron chi connectivity index (χ2n) is 6.88. The number of nitro benzene ring substituents is 1. The van der Waals surface area contributed by atoms with Crippen molar-refractivity contribution in [1.29, 1.82) is 0 Å². The van der Waals surface area contributed by atoms with E-state index < -0.39 is 4.92 Å². The van der Waals surface area contributed by atoms with Gasteiger partial charge in [0.2, 0.25) is 0 Å². The maximum Gasteiger partial charge on any atom is 0.269 e. The first kappa shape index (κ1) is 15.3. The van der Waals surface area contributed by atoms with Gasteiger partial charge in [0.25, 0.3) is 5.69 Å². The quantitative estimate of drug-likeness (QED) is 0.617. The summed E-state index contributed by atoms with van der Waals surface area (Å²) in [6.07, 6.45) is 1.25. The number of pyridine rings is 1. The number of Topliss-reactive ketones (excluding diaryl/α,β-unsaturated/α-hetero) is 1. The van der Waals surface area contributed by atoms with Crippen molar-refractivity contribution in [3.63, 3.8) is 0 Å². The molecule has 0 saturated heterocycles. The third-order valence-electron chi connectivity index (χ3n) is 4.18. The lowest BCUT2D eigenvalue weighted by atomic mass is 9.74. The summed E-state index contributed by atoms with van der Waals surface area (Å²) >= 11 is 0. The number of carbonyl (C=O) groups excluding carboxylic acids is 1. The molecule has 1 aliphatic carbocycles. The Hall–Kier alpha value is -2.56. The average Bonchev–Trinajstić information content (AvgIpc) is 2.44. The highest BCUT2D eigenvalue weighted by atomic mass is 16.6. The van der Waals surface area contributed by atoms with E-state index in [2.05, 4.69) is 18.8 Å². The predicted octanol–water partition coefficient (Wildman–Crippen LogP) is 4.12. The third kappa shape index (κ3) is 2.86. The van der Waals surface area contributed by atoms with E-state index in [4.69, 9.17) is 0 Å². The Bertz CT molecular complexity index is 808. The molecule has 2 aromatic rings. The van der Waals surface area contributed by atoms with Crippen molar-refractivity contribution in [2.24, 2.45) is 5.41 Å². The molecule has 0 bridgehead atoms. The SMILES string of the molecule is Cc1cc(-c2ccc([N+](=O)[O-])cc2)c2c(n1)CC(C)(C)CC2=O. The largest absolute Gasteiger partial charge is 0.294 e. The van der Waals surface area contributed by atoms with E-state index in [1.54, 1.807) is 12.1 Å². The van der Waals surface area contributed by atoms with Gasteiger partial charge in [-0.25, -0.2) is 0 Å². The maximum absolute atomic E-state index is 12.6. The third-order valence-corrected chi connectivity index (χ3v) is 4.18. The van der Waals surface area contributed by atoms with Gasteiger partial charge < -0.3 is 0 Å². The Balaban J connectivity index is 2.15. The van der Waals surface area contributed by atoms with Gasteiger partial charge in [-0.3, -0.25) is 19.9 Å². The van der Waals surface area contributed by atoms with Crippen LogP contribution in [0.1, 0.15) is 42.0 Å². The van der Waals surface area contributed by atoms with E-state index in [0.29, 0.717) is 12.0 Å². The minimum Gasteiger partial charge on any atom is -0.294 e. The number of non-ortho nitro benzene ring substituents is 1. The number of benzene rings is 1. The van der Waals surface area contributed by atoms with Gasteiger partial charge in [-0.15, -0.1) is 0 Å². The molecule has 1 aromatic carbocycles. The Kier molecular flexibility index (Phi) is 3.51. The molecule has 1 heterocycles. The molecular formula is C18H18N2O3. The first-order valence-corrected chi connectivity index (χ1v) is 7.55. The van der Waals surface area contributed by atoms with Gasteiger partial charge in [0.05, 0.1) is 10.6 Å². The summed E-state index contributed by atoms with van der Waals surface area (Å²) in [6.45, 7) is 6.05. The number of aromatic nitrogens is 1. The van der Waals surface area contributed by atoms with Crippen LogP contribution in [-0.2, 0) is 6.42 Å². The Morgan fingerprint density at radius 1 is 1.17 bits per heavy atom. The van der Waals surface area contributed by atoms with Crippen LogP contribution in [0.3, 0.4) is 0 Å². The second kappa shape index (κ2) is 5.26. The van der Waals surface area contributed by atoms with Crippen LogP contribution in [0, 0.1) is 22.5 Å². The van der Waals surface area contributed by atoms with E-state index in [-0.39, 0.29) is 16.9 Å². The molecule has 0 N–H and O–H groups in total. The van der Waals surface area contributed by atoms with E-state index in [0.717, 1.165) is 28.9 Å². The fraction of sp³-hybridized carbons (Fsp3) is 0.333. The van der Waals surface area contributed by atoms with Crippen molar-refractivity contribution >= 4 is 11.5 Å².